The number of aryl methyl sites for hydroxylation is 2. The van der Waals surface area contributed by atoms with E-state index in [9.17, 15) is 0 Å². The van der Waals surface area contributed by atoms with Crippen LogP contribution in [-0.4, -0.2) is 9.97 Å². The Morgan fingerprint density at radius 3 is 1.62 bits per heavy atom. The van der Waals surface area contributed by atoms with E-state index in [1.165, 1.54) is 9.75 Å². The zero-order valence-electron chi connectivity index (χ0n) is 14.4. The minimum Gasteiger partial charge on any atom is -0.315 e. The van der Waals surface area contributed by atoms with E-state index in [0.717, 1.165) is 39.0 Å². The Bertz CT molecular complexity index is 938. The van der Waals surface area contributed by atoms with Crippen molar-refractivity contribution in [2.75, 3.05) is 0 Å². The summed E-state index contributed by atoms with van der Waals surface area (Å²) in [5, 5.41) is 0. The summed E-state index contributed by atoms with van der Waals surface area (Å²) in [4.78, 5) is 14.3. The van der Waals surface area contributed by atoms with Crippen LogP contribution < -0.4 is 0 Å². The predicted octanol–water partition coefficient (Wildman–Crippen LogP) is 5.74. The molecule has 0 atom stereocenters. The molecule has 0 fully saturated rings. The van der Waals surface area contributed by atoms with E-state index >= 15 is 0 Å². The molecule has 0 aliphatic rings. The molecule has 0 unspecified atom stereocenters. The SMILES string of the molecule is Cc1c[c-]c(-c2cccc(Cc3cccc(-c4[c-]cc(C)s4)n3)n2)s1.[Pt+2]. The van der Waals surface area contributed by atoms with Gasteiger partial charge in [0.05, 0.1) is 0 Å². The monoisotopic (exact) mass is 555 g/mol. The molecule has 4 rings (SSSR count). The van der Waals surface area contributed by atoms with Gasteiger partial charge in [-0.05, 0) is 23.5 Å². The Hall–Kier alpha value is -1.61. The van der Waals surface area contributed by atoms with Crippen LogP contribution in [0.5, 0.6) is 0 Å². The van der Waals surface area contributed by atoms with Crippen LogP contribution in [0.4, 0.5) is 0 Å². The van der Waals surface area contributed by atoms with Crippen molar-refractivity contribution in [2.24, 2.45) is 0 Å². The van der Waals surface area contributed by atoms with Gasteiger partial charge in [0.2, 0.25) is 0 Å². The van der Waals surface area contributed by atoms with Crippen LogP contribution in [0, 0.1) is 26.0 Å². The third-order valence-electron chi connectivity index (χ3n) is 3.78. The maximum Gasteiger partial charge on any atom is 2.00 e. The molecule has 0 saturated carbocycles. The van der Waals surface area contributed by atoms with Crippen LogP contribution in [0.25, 0.3) is 21.1 Å². The molecule has 0 N–H and O–H groups in total. The van der Waals surface area contributed by atoms with Crippen molar-refractivity contribution in [3.63, 3.8) is 0 Å². The summed E-state index contributed by atoms with van der Waals surface area (Å²) in [6.45, 7) is 4.18. The average Bonchev–Trinajstić information content (AvgIpc) is 3.24. The van der Waals surface area contributed by atoms with E-state index in [1.807, 2.05) is 24.3 Å². The van der Waals surface area contributed by atoms with Gasteiger partial charge in [-0.1, -0.05) is 57.6 Å². The van der Waals surface area contributed by atoms with E-state index in [1.54, 1.807) is 22.7 Å². The largest absolute Gasteiger partial charge is 2.00 e. The molecule has 2 nitrogen and oxygen atoms in total. The molecular formula is C21H16N2PtS2. The van der Waals surface area contributed by atoms with Gasteiger partial charge in [0.1, 0.15) is 0 Å². The second-order valence-electron chi connectivity index (χ2n) is 5.87. The van der Waals surface area contributed by atoms with Crippen LogP contribution in [0.3, 0.4) is 0 Å². The Labute approximate surface area is 176 Å². The molecule has 4 aromatic rings. The first-order valence-electron chi connectivity index (χ1n) is 8.06. The molecule has 0 radical (unpaired) electrons. The molecular weight excluding hydrogens is 539 g/mol. The quantitative estimate of drug-likeness (QED) is 0.300. The molecule has 0 spiro atoms. The van der Waals surface area contributed by atoms with Crippen LogP contribution >= 0.6 is 22.7 Å². The molecule has 4 aromatic heterocycles. The zero-order valence-corrected chi connectivity index (χ0v) is 18.3. The van der Waals surface area contributed by atoms with Crippen LogP contribution in [0.2, 0.25) is 0 Å². The molecule has 0 bridgehead atoms. The van der Waals surface area contributed by atoms with Gasteiger partial charge in [0, 0.05) is 17.8 Å². The average molecular weight is 556 g/mol. The number of nitrogens with zero attached hydrogens (tertiary/aromatic N) is 2. The standard InChI is InChI=1S/C21H16N2S2.Pt/c1-14-9-11-20(24-14)18-7-3-5-16(22-18)13-17-6-4-8-19(23-17)21-12-10-15(2)25-21;/h3-10H,13H2,1-2H3;/q-2;+2. The summed E-state index contributed by atoms with van der Waals surface area (Å²) in [6.07, 6.45) is 0.719. The van der Waals surface area contributed by atoms with Gasteiger partial charge in [-0.25, -0.2) is 22.7 Å². The van der Waals surface area contributed by atoms with Gasteiger partial charge in [-0.3, -0.25) is 0 Å². The van der Waals surface area contributed by atoms with Gasteiger partial charge in [-0.15, -0.1) is 0 Å². The third kappa shape index (κ3) is 4.37. The summed E-state index contributed by atoms with van der Waals surface area (Å²) in [6, 6.07) is 22.9. The van der Waals surface area contributed by atoms with E-state index in [-0.39, 0.29) is 21.1 Å². The fourth-order valence-electron chi connectivity index (χ4n) is 2.62. The fourth-order valence-corrected chi connectivity index (χ4v) is 4.17. The molecule has 0 aliphatic heterocycles. The smallest absolute Gasteiger partial charge is 0.315 e. The normalized spacial score (nSPS) is 10.5. The van der Waals surface area contributed by atoms with Gasteiger partial charge < -0.3 is 9.97 Å². The van der Waals surface area contributed by atoms with E-state index in [4.69, 9.17) is 9.97 Å². The Kier molecular flexibility index (Phi) is 6.18. The molecule has 0 aromatic carbocycles. The summed E-state index contributed by atoms with van der Waals surface area (Å²) in [5.41, 5.74) is 4.00. The Morgan fingerprint density at radius 1 is 0.769 bits per heavy atom. The maximum atomic E-state index is 4.79. The molecule has 0 saturated heterocycles. The first-order chi connectivity index (χ1) is 12.2. The minimum absolute atomic E-state index is 0. The predicted molar refractivity (Wildman–Crippen MR) is 105 cm³/mol. The van der Waals surface area contributed by atoms with Gasteiger partial charge in [0.15, 0.2) is 0 Å². The number of hydrogen-bond acceptors (Lipinski definition) is 4. The van der Waals surface area contributed by atoms with E-state index < -0.39 is 0 Å². The molecule has 0 aliphatic carbocycles. The van der Waals surface area contributed by atoms with Gasteiger partial charge in [0.25, 0.3) is 0 Å². The molecule has 5 heteroatoms. The van der Waals surface area contributed by atoms with Crippen molar-refractivity contribution in [1.82, 2.24) is 9.97 Å². The topological polar surface area (TPSA) is 25.8 Å². The van der Waals surface area contributed by atoms with Crippen LogP contribution in [0.1, 0.15) is 21.1 Å². The van der Waals surface area contributed by atoms with Crippen LogP contribution in [0.15, 0.2) is 48.5 Å². The molecule has 0 amide bonds. The molecule has 26 heavy (non-hydrogen) atoms. The number of hydrogen-bond donors (Lipinski definition) is 0. The summed E-state index contributed by atoms with van der Waals surface area (Å²) in [5.74, 6) is 0. The Morgan fingerprint density at radius 2 is 1.23 bits per heavy atom. The van der Waals surface area contributed by atoms with Crippen molar-refractivity contribution in [3.05, 3.63) is 81.8 Å². The summed E-state index contributed by atoms with van der Waals surface area (Å²) >= 11 is 3.44. The van der Waals surface area contributed by atoms with Crippen molar-refractivity contribution in [2.45, 2.75) is 20.3 Å². The summed E-state index contributed by atoms with van der Waals surface area (Å²) in [7, 11) is 0. The molecule has 4 heterocycles. The third-order valence-corrected chi connectivity index (χ3v) is 5.72. The number of rotatable bonds is 4. The van der Waals surface area contributed by atoms with Crippen molar-refractivity contribution in [1.29, 1.82) is 0 Å². The first kappa shape index (κ1) is 19.2. The number of pyridine rings is 2. The van der Waals surface area contributed by atoms with Crippen molar-refractivity contribution in [3.8, 4) is 21.1 Å². The number of aromatic nitrogens is 2. The van der Waals surface area contributed by atoms with E-state index in [2.05, 4.69) is 50.2 Å². The summed E-state index contributed by atoms with van der Waals surface area (Å²) < 4.78 is 0. The number of thiophene rings is 2. The second kappa shape index (κ2) is 8.39. The zero-order chi connectivity index (χ0) is 17.2. The van der Waals surface area contributed by atoms with Crippen molar-refractivity contribution >= 4 is 22.7 Å². The first-order valence-corrected chi connectivity index (χ1v) is 9.69. The van der Waals surface area contributed by atoms with Gasteiger partial charge >= 0.3 is 21.1 Å². The second-order valence-corrected chi connectivity index (χ2v) is 8.38. The minimum atomic E-state index is 0. The Balaban J connectivity index is 0.00000196. The molecule has 132 valence electrons. The fraction of sp³-hybridized carbons (Fsp3) is 0.143. The van der Waals surface area contributed by atoms with Gasteiger partial charge in [-0.2, -0.15) is 24.3 Å². The van der Waals surface area contributed by atoms with Crippen LogP contribution in [-0.2, 0) is 27.5 Å². The van der Waals surface area contributed by atoms with E-state index in [0.29, 0.717) is 0 Å². The van der Waals surface area contributed by atoms with Crippen molar-refractivity contribution < 1.29 is 21.1 Å². The maximum absolute atomic E-state index is 4.79.